The maximum absolute atomic E-state index is 5.51. The summed E-state index contributed by atoms with van der Waals surface area (Å²) in [6.07, 6.45) is 3.51. The summed E-state index contributed by atoms with van der Waals surface area (Å²) < 4.78 is 0. The average Bonchev–Trinajstić information content (AvgIpc) is 2.39. The predicted molar refractivity (Wildman–Crippen MR) is 69.2 cm³/mol. The van der Waals surface area contributed by atoms with Gasteiger partial charge in [0, 0.05) is 37.2 Å². The summed E-state index contributed by atoms with van der Waals surface area (Å²) in [5.74, 6) is 0.672. The van der Waals surface area contributed by atoms with Crippen molar-refractivity contribution in [2.24, 2.45) is 5.73 Å². The van der Waals surface area contributed by atoms with Gasteiger partial charge in [0.15, 0.2) is 0 Å². The number of aromatic nitrogens is 2. The van der Waals surface area contributed by atoms with Crippen molar-refractivity contribution in [3.05, 3.63) is 47.8 Å². The van der Waals surface area contributed by atoms with Gasteiger partial charge in [0.1, 0.15) is 0 Å². The molecule has 4 nitrogen and oxygen atoms in total. The van der Waals surface area contributed by atoms with Gasteiger partial charge >= 0.3 is 0 Å². The van der Waals surface area contributed by atoms with E-state index in [1.165, 1.54) is 5.56 Å². The van der Waals surface area contributed by atoms with Crippen LogP contribution in [0.3, 0.4) is 0 Å². The van der Waals surface area contributed by atoms with Crippen molar-refractivity contribution in [1.29, 1.82) is 0 Å². The largest absolute Gasteiger partial charge is 0.326 e. The Balaban J connectivity index is 2.23. The molecule has 17 heavy (non-hydrogen) atoms. The highest BCUT2D eigenvalue weighted by Crippen LogP contribution is 2.19. The van der Waals surface area contributed by atoms with E-state index in [9.17, 15) is 0 Å². The molecule has 2 N–H and O–H groups in total. The summed E-state index contributed by atoms with van der Waals surface area (Å²) in [6.45, 7) is 2.53. The second-order valence-electron chi connectivity index (χ2n) is 3.99. The second kappa shape index (κ2) is 4.93. The minimum atomic E-state index is 0.467. The number of benzene rings is 1. The first-order valence-corrected chi connectivity index (χ1v) is 5.52. The van der Waals surface area contributed by atoms with Gasteiger partial charge in [0.05, 0.1) is 0 Å². The van der Waals surface area contributed by atoms with Crippen LogP contribution in [0.5, 0.6) is 0 Å². The molecule has 1 heterocycles. The topological polar surface area (TPSA) is 55.0 Å². The van der Waals surface area contributed by atoms with Crippen LogP contribution >= 0.6 is 0 Å². The number of aryl methyl sites for hydroxylation is 1. The zero-order valence-electron chi connectivity index (χ0n) is 10.1. The quantitative estimate of drug-likeness (QED) is 0.873. The lowest BCUT2D eigenvalue weighted by Crippen LogP contribution is -2.13. The first-order valence-electron chi connectivity index (χ1n) is 5.52. The lowest BCUT2D eigenvalue weighted by atomic mass is 10.2. The zero-order valence-corrected chi connectivity index (χ0v) is 10.1. The molecule has 0 radical (unpaired) electrons. The number of hydrogen-bond acceptors (Lipinski definition) is 4. The molecule has 0 saturated carbocycles. The monoisotopic (exact) mass is 228 g/mol. The fraction of sp³-hybridized carbons (Fsp3) is 0.231. The van der Waals surface area contributed by atoms with Gasteiger partial charge in [-0.15, -0.1) is 0 Å². The van der Waals surface area contributed by atoms with Crippen LogP contribution < -0.4 is 10.6 Å². The molecule has 0 aliphatic carbocycles. The summed E-state index contributed by atoms with van der Waals surface area (Å²) >= 11 is 0. The van der Waals surface area contributed by atoms with Crippen molar-refractivity contribution in [3.8, 4) is 0 Å². The normalized spacial score (nSPS) is 10.3. The van der Waals surface area contributed by atoms with Gasteiger partial charge in [-0.3, -0.25) is 0 Å². The average molecular weight is 228 g/mol. The van der Waals surface area contributed by atoms with E-state index in [1.54, 1.807) is 12.4 Å². The smallest absolute Gasteiger partial charge is 0.229 e. The fourth-order valence-corrected chi connectivity index (χ4v) is 1.51. The van der Waals surface area contributed by atoms with Crippen LogP contribution in [0.15, 0.2) is 36.7 Å². The molecule has 2 aromatic rings. The van der Waals surface area contributed by atoms with Gasteiger partial charge < -0.3 is 10.6 Å². The van der Waals surface area contributed by atoms with Crippen LogP contribution in [-0.2, 0) is 6.54 Å². The number of nitrogens with two attached hydrogens (primary N) is 1. The molecule has 0 fully saturated rings. The summed E-state index contributed by atoms with van der Waals surface area (Å²) in [5.41, 5.74) is 8.75. The van der Waals surface area contributed by atoms with E-state index < -0.39 is 0 Å². The standard InChI is InChI=1S/C13H16N4/c1-10-3-5-12(6-4-10)17(2)13-15-8-11(7-14)9-16-13/h3-6,8-9H,7,14H2,1-2H3. The van der Waals surface area contributed by atoms with Gasteiger partial charge in [0.2, 0.25) is 5.95 Å². The third-order valence-electron chi connectivity index (χ3n) is 2.65. The van der Waals surface area contributed by atoms with E-state index in [0.717, 1.165) is 11.3 Å². The lowest BCUT2D eigenvalue weighted by molar-refractivity contribution is 0.977. The molecular weight excluding hydrogens is 212 g/mol. The van der Waals surface area contributed by atoms with Gasteiger partial charge in [-0.05, 0) is 19.1 Å². The Labute approximate surface area is 101 Å². The van der Waals surface area contributed by atoms with E-state index >= 15 is 0 Å². The molecule has 0 aliphatic rings. The van der Waals surface area contributed by atoms with E-state index in [2.05, 4.69) is 41.2 Å². The van der Waals surface area contributed by atoms with Crippen molar-refractivity contribution in [2.75, 3.05) is 11.9 Å². The number of anilines is 2. The number of rotatable bonds is 3. The summed E-state index contributed by atoms with van der Waals surface area (Å²) in [7, 11) is 1.95. The molecular formula is C13H16N4. The minimum absolute atomic E-state index is 0.467. The molecule has 0 aliphatic heterocycles. The highest BCUT2D eigenvalue weighted by atomic mass is 15.2. The lowest BCUT2D eigenvalue weighted by Gasteiger charge is -2.17. The van der Waals surface area contributed by atoms with Crippen LogP contribution in [0.25, 0.3) is 0 Å². The molecule has 88 valence electrons. The highest BCUT2D eigenvalue weighted by molar-refractivity contribution is 5.56. The van der Waals surface area contributed by atoms with Crippen molar-refractivity contribution < 1.29 is 0 Å². The molecule has 1 aromatic heterocycles. The van der Waals surface area contributed by atoms with Crippen molar-refractivity contribution in [2.45, 2.75) is 13.5 Å². The Hall–Kier alpha value is -1.94. The third kappa shape index (κ3) is 2.60. The summed E-state index contributed by atoms with van der Waals surface area (Å²) in [4.78, 5) is 10.5. The van der Waals surface area contributed by atoms with E-state index in [0.29, 0.717) is 12.5 Å². The Kier molecular flexibility index (Phi) is 3.35. The Morgan fingerprint density at radius 1 is 1.12 bits per heavy atom. The van der Waals surface area contributed by atoms with Crippen LogP contribution in [0.2, 0.25) is 0 Å². The molecule has 2 rings (SSSR count). The molecule has 1 aromatic carbocycles. The van der Waals surface area contributed by atoms with Crippen molar-refractivity contribution >= 4 is 11.6 Å². The zero-order chi connectivity index (χ0) is 12.3. The molecule has 0 unspecified atom stereocenters. The first-order chi connectivity index (χ1) is 8.20. The molecule has 0 saturated heterocycles. The first kappa shape index (κ1) is 11.5. The minimum Gasteiger partial charge on any atom is -0.326 e. The van der Waals surface area contributed by atoms with E-state index in [4.69, 9.17) is 5.73 Å². The fourth-order valence-electron chi connectivity index (χ4n) is 1.51. The van der Waals surface area contributed by atoms with Crippen molar-refractivity contribution in [3.63, 3.8) is 0 Å². The molecule has 0 bridgehead atoms. The highest BCUT2D eigenvalue weighted by Gasteiger charge is 2.06. The number of hydrogen-bond donors (Lipinski definition) is 1. The third-order valence-corrected chi connectivity index (χ3v) is 2.65. The Morgan fingerprint density at radius 3 is 2.24 bits per heavy atom. The summed E-state index contributed by atoms with van der Waals surface area (Å²) in [5, 5.41) is 0. The van der Waals surface area contributed by atoms with Gasteiger partial charge in [-0.25, -0.2) is 9.97 Å². The Bertz CT molecular complexity index is 476. The number of nitrogens with zero attached hydrogens (tertiary/aromatic N) is 3. The van der Waals surface area contributed by atoms with Gasteiger partial charge in [0.25, 0.3) is 0 Å². The van der Waals surface area contributed by atoms with Gasteiger partial charge in [-0.1, -0.05) is 17.7 Å². The maximum atomic E-state index is 5.51. The SMILES string of the molecule is Cc1ccc(N(C)c2ncc(CN)cn2)cc1. The molecule has 0 amide bonds. The van der Waals surface area contributed by atoms with Crippen LogP contribution in [0.4, 0.5) is 11.6 Å². The van der Waals surface area contributed by atoms with E-state index in [-0.39, 0.29) is 0 Å². The van der Waals surface area contributed by atoms with Crippen LogP contribution in [0.1, 0.15) is 11.1 Å². The van der Waals surface area contributed by atoms with Crippen molar-refractivity contribution in [1.82, 2.24) is 9.97 Å². The van der Waals surface area contributed by atoms with Gasteiger partial charge in [-0.2, -0.15) is 0 Å². The maximum Gasteiger partial charge on any atom is 0.229 e. The Morgan fingerprint density at radius 2 is 1.71 bits per heavy atom. The van der Waals surface area contributed by atoms with E-state index in [1.807, 2.05) is 11.9 Å². The molecule has 4 heteroatoms. The summed E-state index contributed by atoms with van der Waals surface area (Å²) in [6, 6.07) is 8.24. The molecule has 0 spiro atoms. The predicted octanol–water partition coefficient (Wildman–Crippen LogP) is 2.01. The molecule has 0 atom stereocenters. The van der Waals surface area contributed by atoms with Crippen LogP contribution in [-0.4, -0.2) is 17.0 Å². The van der Waals surface area contributed by atoms with Crippen LogP contribution in [0, 0.1) is 6.92 Å². The second-order valence-corrected chi connectivity index (χ2v) is 3.99.